The van der Waals surface area contributed by atoms with Gasteiger partial charge in [0.1, 0.15) is 6.10 Å². The molecule has 1 aromatic carbocycles. The van der Waals surface area contributed by atoms with Crippen LogP contribution in [-0.4, -0.2) is 29.7 Å². The summed E-state index contributed by atoms with van der Waals surface area (Å²) in [6, 6.07) is 7.98. The summed E-state index contributed by atoms with van der Waals surface area (Å²) in [5.41, 5.74) is 2.21. The van der Waals surface area contributed by atoms with Crippen LogP contribution in [0.4, 0.5) is 0 Å². The minimum Gasteiger partial charge on any atom is -0.390 e. The van der Waals surface area contributed by atoms with Gasteiger partial charge in [-0.15, -0.1) is 0 Å². The fourth-order valence-electron chi connectivity index (χ4n) is 1.88. The zero-order chi connectivity index (χ0) is 13.5. The second kappa shape index (κ2) is 7.29. The first-order valence-electron chi connectivity index (χ1n) is 6.48. The Balaban J connectivity index is 2.66. The minimum absolute atomic E-state index is 0.0731. The Bertz CT molecular complexity index is 368. The van der Waals surface area contributed by atoms with Crippen LogP contribution in [0, 0.1) is 0 Å². The lowest BCUT2D eigenvalue weighted by atomic mass is 10.0. The van der Waals surface area contributed by atoms with Crippen LogP contribution in [0.1, 0.15) is 31.9 Å². The van der Waals surface area contributed by atoms with Crippen LogP contribution in [0.25, 0.3) is 0 Å². The molecule has 0 fully saturated rings. The second-order valence-corrected chi connectivity index (χ2v) is 4.43. The molecule has 2 unspecified atom stereocenters. The number of benzene rings is 1. The molecule has 0 aliphatic carbocycles. The van der Waals surface area contributed by atoms with Gasteiger partial charge in [0.2, 0.25) is 0 Å². The fraction of sp³-hybridized carbons (Fsp3) is 0.533. The van der Waals surface area contributed by atoms with Crippen molar-refractivity contribution in [2.24, 2.45) is 0 Å². The maximum Gasteiger partial charge on any atom is 0.168 e. The smallest absolute Gasteiger partial charge is 0.168 e. The van der Waals surface area contributed by atoms with Crippen molar-refractivity contribution < 1.29 is 14.6 Å². The van der Waals surface area contributed by atoms with Gasteiger partial charge in [0.25, 0.3) is 0 Å². The molecule has 0 radical (unpaired) electrons. The van der Waals surface area contributed by atoms with E-state index in [1.54, 1.807) is 6.92 Å². The fourth-order valence-corrected chi connectivity index (χ4v) is 1.88. The predicted molar refractivity (Wildman–Crippen MR) is 71.6 cm³/mol. The minimum atomic E-state index is -0.771. The van der Waals surface area contributed by atoms with Gasteiger partial charge >= 0.3 is 0 Å². The van der Waals surface area contributed by atoms with Gasteiger partial charge in [0.05, 0.1) is 6.10 Å². The number of aryl methyl sites for hydroxylation is 1. The first-order chi connectivity index (χ1) is 8.58. The standard InChI is InChI=1S/C15H22O3/c1-4-12-6-8-13(9-7-12)10-14(17)15(11(3)16)18-5-2/h6-9,11,15-16H,4-5,10H2,1-3H3. The van der Waals surface area contributed by atoms with E-state index in [1.807, 2.05) is 31.2 Å². The van der Waals surface area contributed by atoms with Crippen molar-refractivity contribution in [3.8, 4) is 0 Å². The van der Waals surface area contributed by atoms with Gasteiger partial charge in [-0.1, -0.05) is 31.2 Å². The van der Waals surface area contributed by atoms with Crippen LogP contribution in [0.3, 0.4) is 0 Å². The number of rotatable bonds is 7. The predicted octanol–water partition coefficient (Wildman–Crippen LogP) is 2.15. The molecule has 0 amide bonds. The first-order valence-corrected chi connectivity index (χ1v) is 6.48. The number of ether oxygens (including phenoxy) is 1. The van der Waals surface area contributed by atoms with Gasteiger partial charge in [-0.05, 0) is 31.4 Å². The summed E-state index contributed by atoms with van der Waals surface area (Å²) < 4.78 is 5.28. The Morgan fingerprint density at radius 3 is 2.22 bits per heavy atom. The third-order valence-corrected chi connectivity index (χ3v) is 2.91. The van der Waals surface area contributed by atoms with Crippen molar-refractivity contribution >= 4 is 5.78 Å². The quantitative estimate of drug-likeness (QED) is 0.806. The van der Waals surface area contributed by atoms with Crippen molar-refractivity contribution in [3.05, 3.63) is 35.4 Å². The highest BCUT2D eigenvalue weighted by Crippen LogP contribution is 2.10. The van der Waals surface area contributed by atoms with Gasteiger partial charge in [-0.25, -0.2) is 0 Å². The topological polar surface area (TPSA) is 46.5 Å². The molecule has 1 N–H and O–H groups in total. The molecule has 18 heavy (non-hydrogen) atoms. The molecule has 0 bridgehead atoms. The second-order valence-electron chi connectivity index (χ2n) is 4.43. The summed E-state index contributed by atoms with van der Waals surface area (Å²) in [6.45, 7) is 5.92. The molecule has 0 saturated heterocycles. The molecule has 1 aromatic rings. The maximum atomic E-state index is 12.0. The van der Waals surface area contributed by atoms with Crippen LogP contribution >= 0.6 is 0 Å². The monoisotopic (exact) mass is 250 g/mol. The van der Waals surface area contributed by atoms with E-state index < -0.39 is 12.2 Å². The van der Waals surface area contributed by atoms with E-state index >= 15 is 0 Å². The van der Waals surface area contributed by atoms with Crippen molar-refractivity contribution in [3.63, 3.8) is 0 Å². The molecule has 3 nitrogen and oxygen atoms in total. The van der Waals surface area contributed by atoms with Crippen LogP contribution in [0.2, 0.25) is 0 Å². The van der Waals surface area contributed by atoms with Crippen molar-refractivity contribution in [2.45, 2.75) is 45.8 Å². The molecule has 2 atom stereocenters. The van der Waals surface area contributed by atoms with Crippen LogP contribution in [0.5, 0.6) is 0 Å². The largest absolute Gasteiger partial charge is 0.390 e. The van der Waals surface area contributed by atoms with Crippen LogP contribution < -0.4 is 0 Å². The van der Waals surface area contributed by atoms with E-state index in [9.17, 15) is 9.90 Å². The van der Waals surface area contributed by atoms with Gasteiger partial charge in [-0.2, -0.15) is 0 Å². The third kappa shape index (κ3) is 4.24. The average Bonchev–Trinajstić information content (AvgIpc) is 2.36. The zero-order valence-electron chi connectivity index (χ0n) is 11.3. The van der Waals surface area contributed by atoms with E-state index in [2.05, 4.69) is 6.92 Å². The van der Waals surface area contributed by atoms with E-state index in [0.29, 0.717) is 13.0 Å². The highest BCUT2D eigenvalue weighted by Gasteiger charge is 2.23. The van der Waals surface area contributed by atoms with Gasteiger partial charge in [0.15, 0.2) is 5.78 Å². The van der Waals surface area contributed by atoms with Gasteiger partial charge < -0.3 is 9.84 Å². The SMILES string of the molecule is CCOC(C(=O)Cc1ccc(CC)cc1)C(C)O. The number of aliphatic hydroxyl groups excluding tert-OH is 1. The molecule has 3 heteroatoms. The van der Waals surface area contributed by atoms with Crippen molar-refractivity contribution in [1.82, 2.24) is 0 Å². The highest BCUT2D eigenvalue weighted by atomic mass is 16.5. The summed E-state index contributed by atoms with van der Waals surface area (Å²) in [7, 11) is 0. The molecular formula is C15H22O3. The molecule has 0 saturated carbocycles. The number of carbonyl (C=O) groups excluding carboxylic acids is 1. The molecule has 1 rings (SSSR count). The highest BCUT2D eigenvalue weighted by molar-refractivity contribution is 5.85. The lowest BCUT2D eigenvalue weighted by Crippen LogP contribution is -2.35. The Morgan fingerprint density at radius 2 is 1.78 bits per heavy atom. The van der Waals surface area contributed by atoms with Gasteiger partial charge in [0, 0.05) is 13.0 Å². The summed E-state index contributed by atoms with van der Waals surface area (Å²) in [4.78, 5) is 12.0. The molecular weight excluding hydrogens is 228 g/mol. The van der Waals surface area contributed by atoms with Crippen LogP contribution in [-0.2, 0) is 22.4 Å². The molecule has 0 heterocycles. The Kier molecular flexibility index (Phi) is 6.02. The van der Waals surface area contributed by atoms with E-state index in [4.69, 9.17) is 4.74 Å². The molecule has 0 aliphatic rings. The molecule has 0 aromatic heterocycles. The average molecular weight is 250 g/mol. The van der Waals surface area contributed by atoms with Crippen LogP contribution in [0.15, 0.2) is 24.3 Å². The number of carbonyl (C=O) groups is 1. The Morgan fingerprint density at radius 1 is 1.22 bits per heavy atom. The van der Waals surface area contributed by atoms with Gasteiger partial charge in [-0.3, -0.25) is 4.79 Å². The number of Topliss-reactive ketones (excluding diaryl/α,β-unsaturated/α-hetero) is 1. The van der Waals surface area contributed by atoms with E-state index in [0.717, 1.165) is 12.0 Å². The normalized spacial score (nSPS) is 14.2. The number of hydrogen-bond donors (Lipinski definition) is 1. The molecule has 100 valence electrons. The zero-order valence-corrected chi connectivity index (χ0v) is 11.3. The molecule has 0 spiro atoms. The number of ketones is 1. The first kappa shape index (κ1) is 14.9. The number of hydrogen-bond acceptors (Lipinski definition) is 3. The lowest BCUT2D eigenvalue weighted by Gasteiger charge is -2.18. The van der Waals surface area contributed by atoms with Crippen molar-refractivity contribution in [2.75, 3.05) is 6.61 Å². The summed E-state index contributed by atoms with van der Waals surface area (Å²) >= 11 is 0. The third-order valence-electron chi connectivity index (χ3n) is 2.91. The maximum absolute atomic E-state index is 12.0. The summed E-state index contributed by atoms with van der Waals surface area (Å²) in [5, 5.41) is 9.53. The number of aliphatic hydroxyl groups is 1. The lowest BCUT2D eigenvalue weighted by molar-refractivity contribution is -0.136. The molecule has 0 aliphatic heterocycles. The summed E-state index contributed by atoms with van der Waals surface area (Å²) in [6.07, 6.45) is -0.198. The Labute approximate surface area is 109 Å². The van der Waals surface area contributed by atoms with E-state index in [-0.39, 0.29) is 5.78 Å². The Hall–Kier alpha value is -1.19. The summed E-state index contributed by atoms with van der Waals surface area (Å²) in [5.74, 6) is -0.0731. The van der Waals surface area contributed by atoms with E-state index in [1.165, 1.54) is 5.56 Å². The van der Waals surface area contributed by atoms with Crippen molar-refractivity contribution in [1.29, 1.82) is 0 Å².